The Balaban J connectivity index is 1.22. The summed E-state index contributed by atoms with van der Waals surface area (Å²) in [5.74, 6) is 1.86. The zero-order chi connectivity index (χ0) is 31.2. The molecule has 7 heteroatoms. The van der Waals surface area contributed by atoms with E-state index < -0.39 is 0 Å². The summed E-state index contributed by atoms with van der Waals surface area (Å²) in [5, 5.41) is 4.43. The molecule has 220 valence electrons. The summed E-state index contributed by atoms with van der Waals surface area (Å²) < 4.78 is 2.28. The molecule has 5 aromatic heterocycles. The third kappa shape index (κ3) is 4.90. The molecule has 0 unspecified atom stereocenters. The first-order valence-corrected chi connectivity index (χ1v) is 16.1. The molecule has 0 atom stereocenters. The van der Waals surface area contributed by atoms with Crippen molar-refractivity contribution in [3.8, 4) is 56.8 Å². The van der Waals surface area contributed by atoms with Gasteiger partial charge in [0.05, 0.1) is 16.1 Å². The fourth-order valence-corrected chi connectivity index (χ4v) is 7.18. The van der Waals surface area contributed by atoms with Crippen molar-refractivity contribution in [3.05, 3.63) is 146 Å². The standard InChI is InChI=1S/C40H24N6S/c1-3-10-25(11-4-1)38-44-39(26-12-5-2-6-13-26)46-40(45-38)29-16-9-15-28(22-29)35-30-17-8-7-14-27(30)23-33(43-35)36-37-31(18-21-42-36)32-24-41-20-19-34(32)47-37/h1-24H. The number of fused-ring (bicyclic) bond motifs is 4. The van der Waals surface area contributed by atoms with Crippen LogP contribution in [0.5, 0.6) is 0 Å². The molecule has 6 nitrogen and oxygen atoms in total. The average Bonchev–Trinajstić information content (AvgIpc) is 3.54. The van der Waals surface area contributed by atoms with Gasteiger partial charge in [-0.05, 0) is 29.7 Å². The van der Waals surface area contributed by atoms with Crippen LogP contribution in [-0.4, -0.2) is 29.9 Å². The lowest BCUT2D eigenvalue weighted by Gasteiger charge is -2.12. The Hall–Kier alpha value is -6.18. The smallest absolute Gasteiger partial charge is 0.164 e. The fourth-order valence-electron chi connectivity index (χ4n) is 6.01. The highest BCUT2D eigenvalue weighted by Crippen LogP contribution is 2.40. The number of benzene rings is 4. The van der Waals surface area contributed by atoms with E-state index in [0.29, 0.717) is 17.5 Å². The van der Waals surface area contributed by atoms with Crippen molar-refractivity contribution >= 4 is 42.3 Å². The topological polar surface area (TPSA) is 77.3 Å². The predicted molar refractivity (Wildman–Crippen MR) is 191 cm³/mol. The van der Waals surface area contributed by atoms with Gasteiger partial charge < -0.3 is 0 Å². The van der Waals surface area contributed by atoms with E-state index in [4.69, 9.17) is 24.9 Å². The van der Waals surface area contributed by atoms with Gasteiger partial charge in [0.2, 0.25) is 0 Å². The van der Waals surface area contributed by atoms with E-state index in [0.717, 1.165) is 65.6 Å². The maximum atomic E-state index is 5.30. The first-order valence-electron chi connectivity index (χ1n) is 15.3. The van der Waals surface area contributed by atoms with Gasteiger partial charge in [-0.3, -0.25) is 9.97 Å². The maximum Gasteiger partial charge on any atom is 0.164 e. The molecule has 0 radical (unpaired) electrons. The molecule has 0 aliphatic rings. The largest absolute Gasteiger partial charge is 0.264 e. The molecule has 9 aromatic rings. The molecule has 9 rings (SSSR count). The van der Waals surface area contributed by atoms with Gasteiger partial charge in [0.25, 0.3) is 0 Å². The minimum absolute atomic E-state index is 0.602. The van der Waals surface area contributed by atoms with Crippen LogP contribution in [0.25, 0.3) is 87.8 Å². The number of pyridine rings is 3. The van der Waals surface area contributed by atoms with E-state index in [1.165, 1.54) is 4.70 Å². The van der Waals surface area contributed by atoms with Crippen molar-refractivity contribution < 1.29 is 0 Å². The van der Waals surface area contributed by atoms with Crippen LogP contribution >= 0.6 is 11.3 Å². The maximum absolute atomic E-state index is 5.30. The molecule has 0 saturated heterocycles. The van der Waals surface area contributed by atoms with Crippen molar-refractivity contribution in [1.29, 1.82) is 0 Å². The summed E-state index contributed by atoms with van der Waals surface area (Å²) in [6.07, 6.45) is 5.63. The Morgan fingerprint density at radius 2 is 1.11 bits per heavy atom. The molecule has 0 N–H and O–H groups in total. The van der Waals surface area contributed by atoms with Gasteiger partial charge in [-0.2, -0.15) is 0 Å². The zero-order valence-corrected chi connectivity index (χ0v) is 25.8. The summed E-state index contributed by atoms with van der Waals surface area (Å²) in [6.45, 7) is 0. The van der Waals surface area contributed by atoms with Crippen LogP contribution in [0.1, 0.15) is 0 Å². The molecule has 47 heavy (non-hydrogen) atoms. The summed E-state index contributed by atoms with van der Waals surface area (Å²) in [5.41, 5.74) is 6.29. The molecular formula is C40H24N6S. The van der Waals surface area contributed by atoms with E-state index in [1.54, 1.807) is 11.3 Å². The SMILES string of the molecule is c1ccc(-c2nc(-c3ccccc3)nc(-c3cccc(-c4nc(-c5nccc6c5sc5ccncc56)cc5ccccc45)c3)n2)cc1. The van der Waals surface area contributed by atoms with Gasteiger partial charge in [-0.1, -0.05) is 103 Å². The number of hydrogen-bond donors (Lipinski definition) is 0. The van der Waals surface area contributed by atoms with Gasteiger partial charge in [-0.25, -0.2) is 19.9 Å². The zero-order valence-electron chi connectivity index (χ0n) is 24.9. The molecule has 0 aliphatic heterocycles. The van der Waals surface area contributed by atoms with Crippen LogP contribution in [0.15, 0.2) is 146 Å². The van der Waals surface area contributed by atoms with Gasteiger partial charge >= 0.3 is 0 Å². The minimum Gasteiger partial charge on any atom is -0.264 e. The summed E-state index contributed by atoms with van der Waals surface area (Å²) >= 11 is 1.72. The normalized spacial score (nSPS) is 11.4. The Kier molecular flexibility index (Phi) is 6.54. The Bertz CT molecular complexity index is 2520. The van der Waals surface area contributed by atoms with Crippen LogP contribution in [0, 0.1) is 0 Å². The van der Waals surface area contributed by atoms with Crippen molar-refractivity contribution in [2.75, 3.05) is 0 Å². The van der Waals surface area contributed by atoms with E-state index >= 15 is 0 Å². The highest BCUT2D eigenvalue weighted by atomic mass is 32.1. The molecule has 0 saturated carbocycles. The number of aromatic nitrogens is 6. The summed E-state index contributed by atoms with van der Waals surface area (Å²) in [7, 11) is 0. The summed E-state index contributed by atoms with van der Waals surface area (Å²) in [4.78, 5) is 29.3. The molecule has 0 bridgehead atoms. The van der Waals surface area contributed by atoms with Crippen molar-refractivity contribution in [2.45, 2.75) is 0 Å². The van der Waals surface area contributed by atoms with Crippen molar-refractivity contribution in [1.82, 2.24) is 29.9 Å². The van der Waals surface area contributed by atoms with Crippen LogP contribution < -0.4 is 0 Å². The molecular weight excluding hydrogens is 597 g/mol. The highest BCUT2D eigenvalue weighted by molar-refractivity contribution is 7.26. The van der Waals surface area contributed by atoms with Gasteiger partial charge in [0, 0.05) is 61.7 Å². The molecule has 5 heterocycles. The van der Waals surface area contributed by atoms with Crippen LogP contribution in [0.3, 0.4) is 0 Å². The summed E-state index contributed by atoms with van der Waals surface area (Å²) in [6, 6.07) is 43.0. The molecule has 0 amide bonds. The number of nitrogens with zero attached hydrogens (tertiary/aromatic N) is 6. The van der Waals surface area contributed by atoms with E-state index in [2.05, 4.69) is 59.6 Å². The van der Waals surface area contributed by atoms with Crippen molar-refractivity contribution in [2.24, 2.45) is 0 Å². The highest BCUT2D eigenvalue weighted by Gasteiger charge is 2.17. The predicted octanol–water partition coefficient (Wildman–Crippen LogP) is 9.91. The first kappa shape index (κ1) is 27.2. The van der Waals surface area contributed by atoms with E-state index in [1.807, 2.05) is 91.4 Å². The lowest BCUT2D eigenvalue weighted by Crippen LogP contribution is -2.00. The Morgan fingerprint density at radius 3 is 1.87 bits per heavy atom. The monoisotopic (exact) mass is 620 g/mol. The Labute approximate surface area is 274 Å². The Morgan fingerprint density at radius 1 is 0.447 bits per heavy atom. The quantitative estimate of drug-likeness (QED) is 0.191. The van der Waals surface area contributed by atoms with Gasteiger partial charge in [-0.15, -0.1) is 11.3 Å². The van der Waals surface area contributed by atoms with Crippen LogP contribution in [0.2, 0.25) is 0 Å². The second kappa shape index (κ2) is 11.3. The fraction of sp³-hybridized carbons (Fsp3) is 0. The minimum atomic E-state index is 0.602. The van der Waals surface area contributed by atoms with E-state index in [9.17, 15) is 0 Å². The van der Waals surface area contributed by atoms with Crippen molar-refractivity contribution in [3.63, 3.8) is 0 Å². The molecule has 0 spiro atoms. The first-order chi connectivity index (χ1) is 23.3. The van der Waals surface area contributed by atoms with Gasteiger partial charge in [0.1, 0.15) is 5.69 Å². The molecule has 0 aliphatic carbocycles. The second-order valence-corrected chi connectivity index (χ2v) is 12.3. The lowest BCUT2D eigenvalue weighted by atomic mass is 10.00. The number of hydrogen-bond acceptors (Lipinski definition) is 7. The molecule has 0 fully saturated rings. The van der Waals surface area contributed by atoms with Gasteiger partial charge in [0.15, 0.2) is 17.5 Å². The second-order valence-electron chi connectivity index (χ2n) is 11.2. The van der Waals surface area contributed by atoms with Crippen LogP contribution in [-0.2, 0) is 0 Å². The average molecular weight is 621 g/mol. The van der Waals surface area contributed by atoms with Crippen LogP contribution in [0.4, 0.5) is 0 Å². The number of rotatable bonds is 5. The lowest BCUT2D eigenvalue weighted by molar-refractivity contribution is 1.07. The molecule has 4 aromatic carbocycles. The van der Waals surface area contributed by atoms with E-state index in [-0.39, 0.29) is 0 Å². The number of thiophene rings is 1. The third-order valence-electron chi connectivity index (χ3n) is 8.26. The third-order valence-corrected chi connectivity index (χ3v) is 9.46.